The first-order chi connectivity index (χ1) is 20.9. The van der Waals surface area contributed by atoms with Gasteiger partial charge in [-0.2, -0.15) is 0 Å². The molecule has 0 aromatic heterocycles. The van der Waals surface area contributed by atoms with Gasteiger partial charge in [0.15, 0.2) is 11.4 Å². The van der Waals surface area contributed by atoms with E-state index in [4.69, 9.17) is 18.9 Å². The molecule has 234 valence electrons. The SMILES string of the molecule is CCCCCCCCCOc1ccc(-c2ccc(C(=O)OC3=C(OCC)C(CCC)C(OCC)(C(=O)O)C=C3)cc2)cc1. The third-order valence-electron chi connectivity index (χ3n) is 7.68. The second-order valence-corrected chi connectivity index (χ2v) is 10.8. The fourth-order valence-electron chi connectivity index (χ4n) is 5.43. The monoisotopic (exact) mass is 592 g/mol. The lowest BCUT2D eigenvalue weighted by molar-refractivity contribution is -0.166. The van der Waals surface area contributed by atoms with Gasteiger partial charge in [-0.25, -0.2) is 9.59 Å². The largest absolute Gasteiger partial charge is 0.494 e. The molecule has 3 rings (SSSR count). The number of aliphatic carboxylic acids is 1. The van der Waals surface area contributed by atoms with Crippen molar-refractivity contribution < 1.29 is 33.6 Å². The van der Waals surface area contributed by atoms with Gasteiger partial charge in [0.1, 0.15) is 11.5 Å². The van der Waals surface area contributed by atoms with Crippen LogP contribution in [0.4, 0.5) is 0 Å². The van der Waals surface area contributed by atoms with E-state index in [0.29, 0.717) is 30.8 Å². The van der Waals surface area contributed by atoms with Crippen LogP contribution in [0, 0.1) is 5.92 Å². The van der Waals surface area contributed by atoms with Crippen LogP contribution in [0.1, 0.15) is 95.8 Å². The summed E-state index contributed by atoms with van der Waals surface area (Å²) >= 11 is 0. The van der Waals surface area contributed by atoms with Crippen molar-refractivity contribution >= 4 is 11.9 Å². The van der Waals surface area contributed by atoms with Crippen molar-refractivity contribution in [3.8, 4) is 16.9 Å². The maximum Gasteiger partial charge on any atom is 0.343 e. The zero-order valence-electron chi connectivity index (χ0n) is 26.2. The minimum absolute atomic E-state index is 0.207. The molecule has 7 nitrogen and oxygen atoms in total. The highest BCUT2D eigenvalue weighted by Gasteiger charge is 2.50. The Bertz CT molecular complexity index is 1210. The smallest absolute Gasteiger partial charge is 0.343 e. The van der Waals surface area contributed by atoms with E-state index in [1.807, 2.05) is 50.2 Å². The first-order valence-corrected chi connectivity index (χ1v) is 15.9. The topological polar surface area (TPSA) is 91.3 Å². The predicted octanol–water partition coefficient (Wildman–Crippen LogP) is 8.73. The molecule has 43 heavy (non-hydrogen) atoms. The number of allylic oxidation sites excluding steroid dienone is 1. The Morgan fingerprint density at radius 1 is 0.767 bits per heavy atom. The molecule has 1 N–H and O–H groups in total. The minimum Gasteiger partial charge on any atom is -0.494 e. The van der Waals surface area contributed by atoms with Gasteiger partial charge >= 0.3 is 11.9 Å². The fraction of sp³-hybridized carbons (Fsp3) is 0.500. The molecule has 2 aromatic rings. The molecular weight excluding hydrogens is 544 g/mol. The van der Waals surface area contributed by atoms with Gasteiger partial charge in [-0.1, -0.05) is 83.1 Å². The summed E-state index contributed by atoms with van der Waals surface area (Å²) in [6.07, 6.45) is 12.9. The number of benzene rings is 2. The third kappa shape index (κ3) is 9.20. The van der Waals surface area contributed by atoms with Crippen molar-refractivity contribution in [3.63, 3.8) is 0 Å². The van der Waals surface area contributed by atoms with Crippen LogP contribution in [0.25, 0.3) is 11.1 Å². The van der Waals surface area contributed by atoms with E-state index >= 15 is 0 Å². The number of carboxylic acid groups (broad SMARTS) is 1. The van der Waals surface area contributed by atoms with Crippen LogP contribution in [0.15, 0.2) is 72.2 Å². The van der Waals surface area contributed by atoms with E-state index in [1.54, 1.807) is 19.1 Å². The summed E-state index contributed by atoms with van der Waals surface area (Å²) in [6.45, 7) is 9.00. The first kappa shape index (κ1) is 33.9. The van der Waals surface area contributed by atoms with Gasteiger partial charge in [-0.05, 0) is 74.2 Å². The third-order valence-corrected chi connectivity index (χ3v) is 7.68. The van der Waals surface area contributed by atoms with Crippen LogP contribution < -0.4 is 4.74 Å². The molecule has 0 amide bonds. The fourth-order valence-corrected chi connectivity index (χ4v) is 5.43. The van der Waals surface area contributed by atoms with Gasteiger partial charge in [0.2, 0.25) is 0 Å². The van der Waals surface area contributed by atoms with Crippen molar-refractivity contribution in [3.05, 3.63) is 77.8 Å². The van der Waals surface area contributed by atoms with Crippen LogP contribution in [-0.2, 0) is 19.0 Å². The van der Waals surface area contributed by atoms with Crippen LogP contribution in [0.5, 0.6) is 5.75 Å². The number of esters is 1. The lowest BCUT2D eigenvalue weighted by Gasteiger charge is -2.38. The van der Waals surface area contributed by atoms with E-state index in [2.05, 4.69) is 6.92 Å². The van der Waals surface area contributed by atoms with Crippen molar-refractivity contribution in [2.45, 2.75) is 91.1 Å². The summed E-state index contributed by atoms with van der Waals surface area (Å²) in [5, 5.41) is 10.1. The molecule has 2 aromatic carbocycles. The number of hydrogen-bond acceptors (Lipinski definition) is 6. The first-order valence-electron chi connectivity index (χ1n) is 15.9. The lowest BCUT2D eigenvalue weighted by Crippen LogP contribution is -2.49. The van der Waals surface area contributed by atoms with Gasteiger partial charge < -0.3 is 24.1 Å². The predicted molar refractivity (Wildman–Crippen MR) is 169 cm³/mol. The molecule has 1 aliphatic rings. The summed E-state index contributed by atoms with van der Waals surface area (Å²) < 4.78 is 23.3. The Kier molecular flexibility index (Phi) is 13.8. The van der Waals surface area contributed by atoms with Crippen molar-refractivity contribution in [2.75, 3.05) is 19.8 Å². The lowest BCUT2D eigenvalue weighted by atomic mass is 9.78. The van der Waals surface area contributed by atoms with Gasteiger partial charge in [0.25, 0.3) is 0 Å². The number of rotatable bonds is 19. The van der Waals surface area contributed by atoms with Crippen LogP contribution >= 0.6 is 0 Å². The van der Waals surface area contributed by atoms with Crippen molar-refractivity contribution in [1.82, 2.24) is 0 Å². The van der Waals surface area contributed by atoms with E-state index < -0.39 is 23.5 Å². The Labute approximate surface area is 256 Å². The molecule has 0 radical (unpaired) electrons. The molecule has 7 heteroatoms. The number of carbonyl (C=O) groups is 2. The average Bonchev–Trinajstić information content (AvgIpc) is 3.01. The van der Waals surface area contributed by atoms with Gasteiger partial charge in [0.05, 0.1) is 24.7 Å². The van der Waals surface area contributed by atoms with E-state index in [9.17, 15) is 14.7 Å². The summed E-state index contributed by atoms with van der Waals surface area (Å²) in [6, 6.07) is 15.2. The highest BCUT2D eigenvalue weighted by Crippen LogP contribution is 2.41. The Morgan fingerprint density at radius 2 is 1.40 bits per heavy atom. The Hall–Kier alpha value is -3.58. The summed E-state index contributed by atoms with van der Waals surface area (Å²) in [5.41, 5.74) is 0.777. The maximum atomic E-state index is 13.1. The Morgan fingerprint density at radius 3 is 1.98 bits per heavy atom. The molecule has 2 atom stereocenters. The molecule has 0 fully saturated rings. The second kappa shape index (κ2) is 17.5. The highest BCUT2D eigenvalue weighted by atomic mass is 16.6. The maximum absolute atomic E-state index is 13.1. The number of unbranched alkanes of at least 4 members (excludes halogenated alkanes) is 6. The van der Waals surface area contributed by atoms with Crippen molar-refractivity contribution in [2.24, 2.45) is 5.92 Å². The molecule has 0 aliphatic heterocycles. The molecule has 0 spiro atoms. The van der Waals surface area contributed by atoms with Crippen LogP contribution in [0.2, 0.25) is 0 Å². The molecule has 0 bridgehead atoms. The number of carbonyl (C=O) groups excluding carboxylic acids is 1. The number of hydrogen-bond donors (Lipinski definition) is 1. The van der Waals surface area contributed by atoms with Gasteiger partial charge in [-0.3, -0.25) is 0 Å². The summed E-state index contributed by atoms with van der Waals surface area (Å²) in [7, 11) is 0. The summed E-state index contributed by atoms with van der Waals surface area (Å²) in [5.74, 6) is -0.902. The van der Waals surface area contributed by atoms with E-state index in [-0.39, 0.29) is 12.4 Å². The highest BCUT2D eigenvalue weighted by molar-refractivity contribution is 5.91. The second-order valence-electron chi connectivity index (χ2n) is 10.8. The molecule has 1 aliphatic carbocycles. The normalized spacial score (nSPS) is 18.0. The van der Waals surface area contributed by atoms with Gasteiger partial charge in [0, 0.05) is 6.61 Å². The molecule has 2 unspecified atom stereocenters. The average molecular weight is 593 g/mol. The van der Waals surface area contributed by atoms with Crippen molar-refractivity contribution in [1.29, 1.82) is 0 Å². The molecular formula is C36H48O7. The van der Waals surface area contributed by atoms with Crippen LogP contribution in [-0.4, -0.2) is 42.5 Å². The van der Waals surface area contributed by atoms with Gasteiger partial charge in [-0.15, -0.1) is 0 Å². The zero-order valence-corrected chi connectivity index (χ0v) is 26.2. The minimum atomic E-state index is -1.58. The number of ether oxygens (including phenoxy) is 4. The summed E-state index contributed by atoms with van der Waals surface area (Å²) in [4.78, 5) is 25.5. The zero-order chi connectivity index (χ0) is 31.1. The molecule has 0 saturated carbocycles. The number of carboxylic acids is 1. The van der Waals surface area contributed by atoms with E-state index in [1.165, 1.54) is 50.7 Å². The Balaban J connectivity index is 1.64. The quantitative estimate of drug-likeness (QED) is 0.129. The molecule has 0 saturated heterocycles. The van der Waals surface area contributed by atoms with E-state index in [0.717, 1.165) is 29.9 Å². The molecule has 0 heterocycles. The standard InChI is InChI=1S/C36H48O7/c1-5-9-10-11-12-13-14-26-41-30-22-20-28(21-23-30)27-16-18-29(19-17-27)34(37)43-32-24-25-36(35(38)39,42-8-4)31(15-6-2)33(32)40-7-3/h16-25,31H,5-15,26H2,1-4H3,(H,38,39). The van der Waals surface area contributed by atoms with Crippen LogP contribution in [0.3, 0.4) is 0 Å².